The van der Waals surface area contributed by atoms with Crippen molar-refractivity contribution in [1.82, 2.24) is 9.97 Å². The standard InChI is InChI=1S/C9H16N4O2/c10-7-6(4-2-1-3-5-14)8(15)13-9(11)12-7/h14H,1-5H2,(H5,10,11,12,13,15). The summed E-state index contributed by atoms with van der Waals surface area (Å²) >= 11 is 0. The van der Waals surface area contributed by atoms with E-state index in [4.69, 9.17) is 16.6 Å². The number of nitrogens with zero attached hydrogens (tertiary/aromatic N) is 1. The first-order valence-corrected chi connectivity index (χ1v) is 4.90. The highest BCUT2D eigenvalue weighted by Gasteiger charge is 2.06. The van der Waals surface area contributed by atoms with Gasteiger partial charge in [-0.15, -0.1) is 0 Å². The van der Waals surface area contributed by atoms with Crippen molar-refractivity contribution in [3.05, 3.63) is 15.9 Å². The van der Waals surface area contributed by atoms with E-state index in [9.17, 15) is 4.79 Å². The topological polar surface area (TPSA) is 118 Å². The summed E-state index contributed by atoms with van der Waals surface area (Å²) in [5, 5.41) is 8.59. The van der Waals surface area contributed by atoms with E-state index >= 15 is 0 Å². The second-order valence-corrected chi connectivity index (χ2v) is 3.35. The SMILES string of the molecule is Nc1nc(N)c(CCCCCO)c(=O)[nH]1. The van der Waals surface area contributed by atoms with E-state index in [1.807, 2.05) is 0 Å². The van der Waals surface area contributed by atoms with Crippen LogP contribution in [0.3, 0.4) is 0 Å². The fourth-order valence-corrected chi connectivity index (χ4v) is 1.37. The Balaban J connectivity index is 2.65. The second kappa shape index (κ2) is 5.35. The number of aliphatic hydroxyl groups excluding tert-OH is 1. The fourth-order valence-electron chi connectivity index (χ4n) is 1.37. The Morgan fingerprint density at radius 2 is 2.00 bits per heavy atom. The van der Waals surface area contributed by atoms with Crippen LogP contribution < -0.4 is 17.0 Å². The molecule has 6 N–H and O–H groups in total. The largest absolute Gasteiger partial charge is 0.396 e. The van der Waals surface area contributed by atoms with Crippen LogP contribution in [0.25, 0.3) is 0 Å². The molecule has 1 aromatic heterocycles. The van der Waals surface area contributed by atoms with Crippen molar-refractivity contribution < 1.29 is 5.11 Å². The Morgan fingerprint density at radius 1 is 1.27 bits per heavy atom. The number of nitrogens with two attached hydrogens (primary N) is 2. The highest BCUT2D eigenvalue weighted by Crippen LogP contribution is 2.08. The van der Waals surface area contributed by atoms with Gasteiger partial charge in [-0.1, -0.05) is 6.42 Å². The third-order valence-corrected chi connectivity index (χ3v) is 2.15. The molecule has 1 rings (SSSR count). The van der Waals surface area contributed by atoms with Crippen LogP contribution in [0.15, 0.2) is 4.79 Å². The van der Waals surface area contributed by atoms with Gasteiger partial charge in [-0.25, -0.2) is 0 Å². The van der Waals surface area contributed by atoms with Crippen LogP contribution in [0, 0.1) is 0 Å². The van der Waals surface area contributed by atoms with Gasteiger partial charge in [0.1, 0.15) is 5.82 Å². The molecule has 0 unspecified atom stereocenters. The Hall–Kier alpha value is -1.56. The van der Waals surface area contributed by atoms with Crippen molar-refractivity contribution in [2.45, 2.75) is 25.7 Å². The summed E-state index contributed by atoms with van der Waals surface area (Å²) in [6.45, 7) is 0.172. The summed E-state index contributed by atoms with van der Waals surface area (Å²) < 4.78 is 0. The predicted molar refractivity (Wildman–Crippen MR) is 58.3 cm³/mol. The lowest BCUT2D eigenvalue weighted by Crippen LogP contribution is -2.19. The maximum Gasteiger partial charge on any atom is 0.257 e. The number of nitrogen functional groups attached to an aromatic ring is 2. The molecule has 0 aliphatic heterocycles. The number of nitrogens with one attached hydrogen (secondary N) is 1. The van der Waals surface area contributed by atoms with E-state index in [2.05, 4.69) is 9.97 Å². The minimum absolute atomic E-state index is 0.0385. The van der Waals surface area contributed by atoms with Crippen LogP contribution in [0.5, 0.6) is 0 Å². The summed E-state index contributed by atoms with van der Waals surface area (Å²) in [7, 11) is 0. The normalized spacial score (nSPS) is 10.5. The van der Waals surface area contributed by atoms with Gasteiger partial charge in [0.25, 0.3) is 5.56 Å². The molecule has 0 saturated carbocycles. The summed E-state index contributed by atoms with van der Waals surface area (Å²) in [4.78, 5) is 17.6. The number of aromatic nitrogens is 2. The molecular weight excluding hydrogens is 196 g/mol. The Bertz CT molecular complexity index is 375. The smallest absolute Gasteiger partial charge is 0.257 e. The molecule has 15 heavy (non-hydrogen) atoms. The van der Waals surface area contributed by atoms with Crippen molar-refractivity contribution in [3.63, 3.8) is 0 Å². The molecule has 0 atom stereocenters. The number of H-pyrrole nitrogens is 1. The molecule has 0 aliphatic rings. The van der Waals surface area contributed by atoms with E-state index in [1.54, 1.807) is 0 Å². The minimum atomic E-state index is -0.274. The quantitative estimate of drug-likeness (QED) is 0.497. The number of hydrogen-bond acceptors (Lipinski definition) is 5. The van der Waals surface area contributed by atoms with Gasteiger partial charge in [0.2, 0.25) is 5.95 Å². The summed E-state index contributed by atoms with van der Waals surface area (Å²) in [5.41, 5.74) is 11.1. The molecule has 0 saturated heterocycles. The van der Waals surface area contributed by atoms with Crippen LogP contribution in [0.2, 0.25) is 0 Å². The Labute approximate surface area is 87.3 Å². The number of anilines is 2. The first-order valence-electron chi connectivity index (χ1n) is 4.90. The summed E-state index contributed by atoms with van der Waals surface area (Å²) in [6.07, 6.45) is 2.97. The third-order valence-electron chi connectivity index (χ3n) is 2.15. The molecule has 0 bridgehead atoms. The van der Waals surface area contributed by atoms with Crippen LogP contribution in [-0.4, -0.2) is 21.7 Å². The predicted octanol–water partition coefficient (Wildman–Crippen LogP) is -0.361. The molecule has 0 spiro atoms. The monoisotopic (exact) mass is 212 g/mol. The summed E-state index contributed by atoms with van der Waals surface area (Å²) in [6, 6.07) is 0. The average Bonchev–Trinajstić information content (AvgIpc) is 2.15. The lowest BCUT2D eigenvalue weighted by Gasteiger charge is -2.03. The van der Waals surface area contributed by atoms with Gasteiger partial charge in [-0.2, -0.15) is 4.98 Å². The zero-order chi connectivity index (χ0) is 11.3. The second-order valence-electron chi connectivity index (χ2n) is 3.35. The number of hydrogen-bond donors (Lipinski definition) is 4. The van der Waals surface area contributed by atoms with Crippen molar-refractivity contribution in [1.29, 1.82) is 0 Å². The number of aromatic amines is 1. The van der Waals surface area contributed by atoms with Gasteiger partial charge < -0.3 is 16.6 Å². The molecule has 0 aliphatic carbocycles. The molecule has 0 fully saturated rings. The lowest BCUT2D eigenvalue weighted by molar-refractivity contribution is 0.283. The van der Waals surface area contributed by atoms with E-state index in [0.29, 0.717) is 12.0 Å². The van der Waals surface area contributed by atoms with Gasteiger partial charge in [-0.3, -0.25) is 9.78 Å². The average molecular weight is 212 g/mol. The van der Waals surface area contributed by atoms with Gasteiger partial charge in [0, 0.05) is 6.61 Å². The van der Waals surface area contributed by atoms with E-state index in [1.165, 1.54) is 0 Å². The van der Waals surface area contributed by atoms with E-state index < -0.39 is 0 Å². The van der Waals surface area contributed by atoms with Crippen LogP contribution in [0.4, 0.5) is 11.8 Å². The Morgan fingerprint density at radius 3 is 2.60 bits per heavy atom. The lowest BCUT2D eigenvalue weighted by atomic mass is 10.1. The van der Waals surface area contributed by atoms with Crippen molar-refractivity contribution in [2.75, 3.05) is 18.1 Å². The molecule has 0 radical (unpaired) electrons. The molecule has 0 amide bonds. The van der Waals surface area contributed by atoms with Crippen molar-refractivity contribution >= 4 is 11.8 Å². The number of aliphatic hydroxyl groups is 1. The first-order chi connectivity index (χ1) is 7.15. The fraction of sp³-hybridized carbons (Fsp3) is 0.556. The molecule has 1 aromatic rings. The highest BCUT2D eigenvalue weighted by atomic mass is 16.2. The van der Waals surface area contributed by atoms with Crippen molar-refractivity contribution in [2.24, 2.45) is 0 Å². The summed E-state index contributed by atoms with van der Waals surface area (Å²) in [5.74, 6) is 0.233. The van der Waals surface area contributed by atoms with E-state index in [0.717, 1.165) is 19.3 Å². The molecule has 1 heterocycles. The molecule has 0 aromatic carbocycles. The van der Waals surface area contributed by atoms with Gasteiger partial charge in [0.05, 0.1) is 5.56 Å². The zero-order valence-electron chi connectivity index (χ0n) is 8.49. The third kappa shape index (κ3) is 3.25. The molecule has 84 valence electrons. The van der Waals surface area contributed by atoms with Crippen LogP contribution in [-0.2, 0) is 6.42 Å². The molecule has 6 nitrogen and oxygen atoms in total. The minimum Gasteiger partial charge on any atom is -0.396 e. The van der Waals surface area contributed by atoms with Crippen LogP contribution >= 0.6 is 0 Å². The van der Waals surface area contributed by atoms with E-state index in [-0.39, 0.29) is 23.9 Å². The maximum absolute atomic E-state index is 11.4. The molecule has 6 heteroatoms. The highest BCUT2D eigenvalue weighted by molar-refractivity contribution is 5.41. The maximum atomic E-state index is 11.4. The van der Waals surface area contributed by atoms with Gasteiger partial charge in [0.15, 0.2) is 0 Å². The Kier molecular flexibility index (Phi) is 4.11. The van der Waals surface area contributed by atoms with Gasteiger partial charge in [-0.05, 0) is 19.3 Å². The van der Waals surface area contributed by atoms with Gasteiger partial charge >= 0.3 is 0 Å². The number of rotatable bonds is 5. The zero-order valence-corrected chi connectivity index (χ0v) is 8.49. The number of unbranched alkanes of at least 4 members (excludes halogenated alkanes) is 2. The first kappa shape index (κ1) is 11.5. The molecular formula is C9H16N4O2. The van der Waals surface area contributed by atoms with Crippen LogP contribution in [0.1, 0.15) is 24.8 Å². The van der Waals surface area contributed by atoms with Crippen molar-refractivity contribution in [3.8, 4) is 0 Å².